The number of esters is 1. The number of methoxy groups -OCH3 is 1. The highest BCUT2D eigenvalue weighted by molar-refractivity contribution is 8.26. The molecule has 0 unspecified atom stereocenters. The number of thioether (sulfide) groups is 1. The number of amides is 1. The smallest absolute Gasteiger partial charge is 0.343 e. The Morgan fingerprint density at radius 2 is 1.96 bits per heavy atom. The molecule has 0 aromatic heterocycles. The molecule has 1 fully saturated rings. The summed E-state index contributed by atoms with van der Waals surface area (Å²) >= 11 is 6.27. The van der Waals surface area contributed by atoms with E-state index < -0.39 is 5.97 Å². The predicted octanol–water partition coefficient (Wildman–Crippen LogP) is 3.29. The number of nitrogens with one attached hydrogen (secondary N) is 1. The molecule has 5 nitrogen and oxygen atoms in total. The largest absolute Gasteiger partial charge is 0.481 e. The van der Waals surface area contributed by atoms with Gasteiger partial charge in [-0.15, -0.1) is 0 Å². The van der Waals surface area contributed by atoms with E-state index in [1.54, 1.807) is 0 Å². The maximum absolute atomic E-state index is 11.8. The molecule has 0 atom stereocenters. The van der Waals surface area contributed by atoms with Gasteiger partial charge in [-0.3, -0.25) is 4.79 Å². The average Bonchev–Trinajstić information content (AvgIpc) is 2.90. The Morgan fingerprint density at radius 3 is 2.48 bits per heavy atom. The molecular weight excluding hydrogens is 358 g/mol. The number of benzene rings is 1. The number of hydrogen-bond donors (Lipinski definition) is 1. The van der Waals surface area contributed by atoms with Gasteiger partial charge in [0.1, 0.15) is 10.1 Å². The second kappa shape index (κ2) is 8.31. The van der Waals surface area contributed by atoms with Crippen molar-refractivity contribution in [1.29, 1.82) is 0 Å². The van der Waals surface area contributed by atoms with Gasteiger partial charge in [0.25, 0.3) is 5.91 Å². The molecule has 0 bridgehead atoms. The summed E-state index contributed by atoms with van der Waals surface area (Å²) < 4.78 is 10.6. The van der Waals surface area contributed by atoms with E-state index in [-0.39, 0.29) is 12.5 Å². The first-order chi connectivity index (χ1) is 11.8. The standard InChI is InChI=1S/C18H19NO4S2/c1-10(16-17(21)19-18(24)25-16)5-6-13-7-11(2)15(12(3)8-13)23-9-14(20)22-4/h5-8H,9H2,1-4H3,(H,19,21,24)/b6-5+,16-10+. The lowest BCUT2D eigenvalue weighted by atomic mass is 10.0. The molecule has 0 spiro atoms. The van der Waals surface area contributed by atoms with E-state index in [4.69, 9.17) is 17.0 Å². The number of rotatable bonds is 5. The second-order valence-electron chi connectivity index (χ2n) is 5.54. The van der Waals surface area contributed by atoms with Crippen molar-refractivity contribution < 1.29 is 19.1 Å². The van der Waals surface area contributed by atoms with Crippen LogP contribution >= 0.6 is 24.0 Å². The third-order valence-corrected chi connectivity index (χ3v) is 4.90. The van der Waals surface area contributed by atoms with E-state index in [0.29, 0.717) is 15.0 Å². The maximum Gasteiger partial charge on any atom is 0.343 e. The molecule has 1 amide bonds. The Bertz CT molecular complexity index is 773. The molecule has 0 aliphatic carbocycles. The van der Waals surface area contributed by atoms with Crippen LogP contribution in [0.15, 0.2) is 28.7 Å². The molecular formula is C18H19NO4S2. The molecule has 1 aromatic rings. The summed E-state index contributed by atoms with van der Waals surface area (Å²) in [6.45, 7) is 5.59. The van der Waals surface area contributed by atoms with Gasteiger partial charge in [-0.1, -0.05) is 36.1 Å². The van der Waals surface area contributed by atoms with Crippen LogP contribution in [0.25, 0.3) is 6.08 Å². The summed E-state index contributed by atoms with van der Waals surface area (Å²) in [5.41, 5.74) is 3.67. The fraction of sp³-hybridized carbons (Fsp3) is 0.278. The quantitative estimate of drug-likeness (QED) is 0.483. The second-order valence-corrected chi connectivity index (χ2v) is 7.23. The lowest BCUT2D eigenvalue weighted by molar-refractivity contribution is -0.142. The number of thiocarbonyl (C=S) groups is 1. The molecule has 1 heterocycles. The van der Waals surface area contributed by atoms with Crippen LogP contribution in [0.3, 0.4) is 0 Å². The molecule has 0 saturated carbocycles. The van der Waals surface area contributed by atoms with Crippen molar-refractivity contribution in [3.8, 4) is 5.75 Å². The Morgan fingerprint density at radius 1 is 1.32 bits per heavy atom. The van der Waals surface area contributed by atoms with Crippen LogP contribution < -0.4 is 10.1 Å². The molecule has 1 N–H and O–H groups in total. The molecule has 1 aliphatic heterocycles. The summed E-state index contributed by atoms with van der Waals surface area (Å²) in [5, 5.41) is 2.61. The Kier molecular flexibility index (Phi) is 6.39. The SMILES string of the molecule is COC(=O)COc1c(C)cc(/C=C/C(C)=C2/SC(=S)NC2=O)cc1C. The normalized spacial score (nSPS) is 16.2. The van der Waals surface area contributed by atoms with Gasteiger partial charge in [0.15, 0.2) is 6.61 Å². The number of ether oxygens (including phenoxy) is 2. The first-order valence-corrected chi connectivity index (χ1v) is 8.77. The van der Waals surface area contributed by atoms with E-state index in [1.807, 2.05) is 45.1 Å². The van der Waals surface area contributed by atoms with Crippen LogP contribution in [0.5, 0.6) is 5.75 Å². The highest BCUT2D eigenvalue weighted by atomic mass is 32.2. The average molecular weight is 377 g/mol. The van der Waals surface area contributed by atoms with Crippen LogP contribution in [0.2, 0.25) is 0 Å². The van der Waals surface area contributed by atoms with E-state index in [0.717, 1.165) is 22.3 Å². The first kappa shape index (κ1) is 19.2. The molecule has 7 heteroatoms. The monoisotopic (exact) mass is 377 g/mol. The van der Waals surface area contributed by atoms with Crippen LogP contribution in [0, 0.1) is 13.8 Å². The van der Waals surface area contributed by atoms with E-state index in [1.165, 1.54) is 18.9 Å². The van der Waals surface area contributed by atoms with E-state index in [9.17, 15) is 9.59 Å². The summed E-state index contributed by atoms with van der Waals surface area (Å²) in [5.74, 6) is 0.0973. The maximum atomic E-state index is 11.8. The minimum Gasteiger partial charge on any atom is -0.481 e. The van der Waals surface area contributed by atoms with Gasteiger partial charge in [-0.2, -0.15) is 0 Å². The minimum atomic E-state index is -0.421. The Labute approximate surface area is 156 Å². The van der Waals surface area contributed by atoms with Gasteiger partial charge < -0.3 is 14.8 Å². The fourth-order valence-electron chi connectivity index (χ4n) is 2.37. The van der Waals surface area contributed by atoms with Gasteiger partial charge in [0.05, 0.1) is 12.0 Å². The van der Waals surface area contributed by atoms with Crippen molar-refractivity contribution in [3.63, 3.8) is 0 Å². The molecule has 25 heavy (non-hydrogen) atoms. The Balaban J connectivity index is 2.18. The van der Waals surface area contributed by atoms with Gasteiger partial charge in [-0.05, 0) is 55.2 Å². The third kappa shape index (κ3) is 4.93. The van der Waals surface area contributed by atoms with Crippen LogP contribution in [-0.2, 0) is 14.3 Å². The van der Waals surface area contributed by atoms with Crippen molar-refractivity contribution >= 4 is 46.3 Å². The highest BCUT2D eigenvalue weighted by Crippen LogP contribution is 2.29. The van der Waals surface area contributed by atoms with Crippen molar-refractivity contribution in [1.82, 2.24) is 5.32 Å². The van der Waals surface area contributed by atoms with Crippen molar-refractivity contribution in [2.45, 2.75) is 20.8 Å². The van der Waals surface area contributed by atoms with Crippen LogP contribution in [-0.4, -0.2) is 29.9 Å². The number of carbonyl (C=O) groups is 2. The zero-order valence-corrected chi connectivity index (χ0v) is 16.1. The summed E-state index contributed by atoms with van der Waals surface area (Å²) in [7, 11) is 1.33. The van der Waals surface area contributed by atoms with Crippen LogP contribution in [0.4, 0.5) is 0 Å². The fourth-order valence-corrected chi connectivity index (χ4v) is 3.41. The van der Waals surface area contributed by atoms with E-state index in [2.05, 4.69) is 10.1 Å². The number of allylic oxidation sites excluding steroid dienone is 2. The van der Waals surface area contributed by atoms with Crippen molar-refractivity contribution in [3.05, 3.63) is 45.4 Å². The highest BCUT2D eigenvalue weighted by Gasteiger charge is 2.23. The molecule has 1 saturated heterocycles. The van der Waals surface area contributed by atoms with Crippen LogP contribution in [0.1, 0.15) is 23.6 Å². The van der Waals surface area contributed by atoms with Gasteiger partial charge in [0, 0.05) is 0 Å². The van der Waals surface area contributed by atoms with Crippen molar-refractivity contribution in [2.75, 3.05) is 13.7 Å². The topological polar surface area (TPSA) is 64.6 Å². The Hall–Kier alpha value is -2.12. The summed E-state index contributed by atoms with van der Waals surface area (Å²) in [4.78, 5) is 23.6. The van der Waals surface area contributed by atoms with Gasteiger partial charge in [-0.25, -0.2) is 4.79 Å². The zero-order chi connectivity index (χ0) is 18.6. The molecule has 1 aliphatic rings. The lowest BCUT2D eigenvalue weighted by Crippen LogP contribution is -2.18. The third-order valence-electron chi connectivity index (χ3n) is 3.55. The number of carbonyl (C=O) groups excluding carboxylic acids is 2. The van der Waals surface area contributed by atoms with Gasteiger partial charge in [0.2, 0.25) is 0 Å². The zero-order valence-electron chi connectivity index (χ0n) is 14.5. The summed E-state index contributed by atoms with van der Waals surface area (Å²) in [6, 6.07) is 3.92. The number of aryl methyl sites for hydroxylation is 2. The lowest BCUT2D eigenvalue weighted by Gasteiger charge is -2.12. The first-order valence-electron chi connectivity index (χ1n) is 7.54. The minimum absolute atomic E-state index is 0.120. The predicted molar refractivity (Wildman–Crippen MR) is 103 cm³/mol. The van der Waals surface area contributed by atoms with Crippen molar-refractivity contribution in [2.24, 2.45) is 0 Å². The molecule has 2 rings (SSSR count). The molecule has 132 valence electrons. The summed E-state index contributed by atoms with van der Waals surface area (Å²) in [6.07, 6.45) is 3.82. The molecule has 1 aromatic carbocycles. The van der Waals surface area contributed by atoms with Gasteiger partial charge >= 0.3 is 5.97 Å². The van der Waals surface area contributed by atoms with E-state index >= 15 is 0 Å². The molecule has 0 radical (unpaired) electrons. The number of hydrogen-bond acceptors (Lipinski definition) is 6.